The van der Waals surface area contributed by atoms with Gasteiger partial charge in [0, 0.05) is 42.8 Å². The predicted molar refractivity (Wildman–Crippen MR) is 166 cm³/mol. The molecule has 6 atom stereocenters. The molecule has 6 aliphatic rings. The Hall–Kier alpha value is -2.93. The van der Waals surface area contributed by atoms with Gasteiger partial charge in [0.1, 0.15) is 23.2 Å². The van der Waals surface area contributed by atoms with Crippen LogP contribution in [0.4, 0.5) is 11.8 Å². The van der Waals surface area contributed by atoms with E-state index in [9.17, 15) is 15.5 Å². The molecule has 1 aromatic carbocycles. The smallest absolute Gasteiger partial charge is 0.224 e. The molecule has 8 rings (SSSR count). The third-order valence-electron chi connectivity index (χ3n) is 11.6. The highest BCUT2D eigenvalue weighted by atomic mass is 16.3. The number of para-hydroxylation sites is 1. The van der Waals surface area contributed by atoms with E-state index in [-0.39, 0.29) is 11.2 Å². The van der Waals surface area contributed by atoms with Crippen molar-refractivity contribution in [3.8, 4) is 11.8 Å². The number of anilines is 2. The first-order valence-corrected chi connectivity index (χ1v) is 16.7. The van der Waals surface area contributed by atoms with Crippen LogP contribution in [0.1, 0.15) is 81.8 Å². The molecule has 2 aromatic rings. The molecule has 1 aromatic heterocycles. The van der Waals surface area contributed by atoms with Crippen LogP contribution in [0.2, 0.25) is 0 Å². The van der Waals surface area contributed by atoms with Crippen LogP contribution in [0.25, 0.3) is 0 Å². The Morgan fingerprint density at radius 1 is 1.02 bits per heavy atom. The Morgan fingerprint density at radius 3 is 2.56 bits per heavy atom. The zero-order valence-electron chi connectivity index (χ0n) is 25.2. The fourth-order valence-corrected chi connectivity index (χ4v) is 9.85. The van der Waals surface area contributed by atoms with Gasteiger partial charge < -0.3 is 26.2 Å². The van der Waals surface area contributed by atoms with Gasteiger partial charge in [-0.3, -0.25) is 4.90 Å². The Bertz CT molecular complexity index is 1310. The van der Waals surface area contributed by atoms with E-state index in [0.29, 0.717) is 54.6 Å². The molecule has 2 heterocycles. The standard InChI is InChI=1S/C34H47N7O2/c35-17-26-19-37-33(36-18-23-4-1-2-6-30(23)43)40-32(26)38-21-34-14-22-12-24(15-34)31(25(13-22)16-34)39-27-7-9-28(10-8-27)41-11-3-5-29(41)20-42/h1-2,4,6,19,22,24-25,27-29,31,39,42-43H,3,5,7-16,18,20-21H2,(H2,36,37,38,40)/t22?,24-,25+,27?,28?,29-,31?,34?/m1/s1. The first-order valence-electron chi connectivity index (χ1n) is 16.7. The fourth-order valence-electron chi connectivity index (χ4n) is 9.85. The Morgan fingerprint density at radius 2 is 1.81 bits per heavy atom. The number of likely N-dealkylation sites (tertiary alicyclic amines) is 1. The molecule has 5 N–H and O–H groups in total. The summed E-state index contributed by atoms with van der Waals surface area (Å²) in [7, 11) is 0. The number of phenolic OH excluding ortho intramolecular Hbond substituents is 1. The van der Waals surface area contributed by atoms with Gasteiger partial charge >= 0.3 is 0 Å². The molecule has 230 valence electrons. The zero-order valence-corrected chi connectivity index (χ0v) is 25.2. The van der Waals surface area contributed by atoms with Gasteiger partial charge in [-0.1, -0.05) is 18.2 Å². The Labute approximate surface area is 255 Å². The summed E-state index contributed by atoms with van der Waals surface area (Å²) in [5.74, 6) is 3.57. The second-order valence-corrected chi connectivity index (χ2v) is 14.3. The minimum atomic E-state index is 0.238. The van der Waals surface area contributed by atoms with Crippen LogP contribution in [0.5, 0.6) is 5.75 Å². The van der Waals surface area contributed by atoms with E-state index < -0.39 is 0 Å². The van der Waals surface area contributed by atoms with Gasteiger partial charge in [-0.2, -0.15) is 10.2 Å². The number of nitrogens with one attached hydrogen (secondary N) is 3. The quantitative estimate of drug-likeness (QED) is 0.271. The second kappa shape index (κ2) is 12.2. The summed E-state index contributed by atoms with van der Waals surface area (Å²) < 4.78 is 0. The highest BCUT2D eigenvalue weighted by Crippen LogP contribution is 2.60. The van der Waals surface area contributed by atoms with Crippen LogP contribution < -0.4 is 16.0 Å². The summed E-state index contributed by atoms with van der Waals surface area (Å²) in [5, 5.41) is 40.7. The Kier molecular flexibility index (Phi) is 8.19. The molecule has 9 nitrogen and oxygen atoms in total. The molecule has 6 fully saturated rings. The van der Waals surface area contributed by atoms with Crippen LogP contribution in [0, 0.1) is 34.5 Å². The van der Waals surface area contributed by atoms with Crippen LogP contribution >= 0.6 is 0 Å². The van der Waals surface area contributed by atoms with Gasteiger partial charge in [-0.25, -0.2) is 4.98 Å². The van der Waals surface area contributed by atoms with Gasteiger partial charge in [0.05, 0.1) is 12.8 Å². The van der Waals surface area contributed by atoms with E-state index in [1.54, 1.807) is 18.3 Å². The van der Waals surface area contributed by atoms with Crippen molar-refractivity contribution in [3.05, 3.63) is 41.6 Å². The molecule has 0 amide bonds. The molecular formula is C34H47N7O2. The monoisotopic (exact) mass is 585 g/mol. The minimum absolute atomic E-state index is 0.238. The van der Waals surface area contributed by atoms with Gasteiger partial charge in [0.15, 0.2) is 0 Å². The highest BCUT2D eigenvalue weighted by molar-refractivity contribution is 5.53. The summed E-state index contributed by atoms with van der Waals surface area (Å²) in [4.78, 5) is 11.6. The van der Waals surface area contributed by atoms with Crippen molar-refractivity contribution < 1.29 is 10.2 Å². The maximum Gasteiger partial charge on any atom is 0.224 e. The number of hydrogen-bond donors (Lipinski definition) is 5. The lowest BCUT2D eigenvalue weighted by atomic mass is 9.47. The molecule has 9 heteroatoms. The number of aliphatic hydroxyl groups is 1. The van der Waals surface area contributed by atoms with Crippen molar-refractivity contribution in [3.63, 3.8) is 0 Å². The van der Waals surface area contributed by atoms with E-state index in [4.69, 9.17) is 0 Å². The maximum atomic E-state index is 10.1. The maximum absolute atomic E-state index is 10.1. The van der Waals surface area contributed by atoms with Crippen molar-refractivity contribution in [2.45, 2.75) is 101 Å². The lowest BCUT2D eigenvalue weighted by molar-refractivity contribution is -0.0735. The number of aromatic hydroxyl groups is 1. The van der Waals surface area contributed by atoms with Gasteiger partial charge in [0.2, 0.25) is 5.95 Å². The summed E-state index contributed by atoms with van der Waals surface area (Å²) in [6.45, 7) is 2.73. The van der Waals surface area contributed by atoms with E-state index in [0.717, 1.165) is 36.3 Å². The van der Waals surface area contributed by atoms with Crippen molar-refractivity contribution in [2.24, 2.45) is 23.2 Å². The first kappa shape index (κ1) is 28.8. The van der Waals surface area contributed by atoms with E-state index in [1.165, 1.54) is 70.8 Å². The molecule has 1 saturated heterocycles. The fraction of sp³-hybridized carbons (Fsp3) is 0.676. The number of benzene rings is 1. The molecule has 3 unspecified atom stereocenters. The number of rotatable bonds is 10. The summed E-state index contributed by atoms with van der Waals surface area (Å²) in [6.07, 6.45) is 15.5. The molecule has 0 spiro atoms. The minimum Gasteiger partial charge on any atom is -0.508 e. The molecule has 5 aliphatic carbocycles. The SMILES string of the molecule is N#Cc1cnc(NCc2ccccc2O)nc1NCC12CC3C[C@H](C1)C(NC1CCC(N4CCC[C@@H]4CO)CC1)[C@@H](C3)C2. The number of hydrogen-bond acceptors (Lipinski definition) is 9. The summed E-state index contributed by atoms with van der Waals surface area (Å²) in [5.41, 5.74) is 1.51. The lowest BCUT2D eigenvalue weighted by Gasteiger charge is -2.61. The number of aromatic nitrogens is 2. The zero-order chi connectivity index (χ0) is 29.4. The molecular weight excluding hydrogens is 538 g/mol. The van der Waals surface area contributed by atoms with Crippen LogP contribution in [0.15, 0.2) is 30.5 Å². The molecule has 5 saturated carbocycles. The molecule has 43 heavy (non-hydrogen) atoms. The summed E-state index contributed by atoms with van der Waals surface area (Å²) in [6, 6.07) is 11.8. The predicted octanol–water partition coefficient (Wildman–Crippen LogP) is 4.63. The van der Waals surface area contributed by atoms with Gasteiger partial charge in [-0.15, -0.1) is 0 Å². The average molecular weight is 586 g/mol. The number of nitrogens with zero attached hydrogens (tertiary/aromatic N) is 4. The average Bonchev–Trinajstić information content (AvgIpc) is 3.51. The van der Waals surface area contributed by atoms with Crippen LogP contribution in [-0.4, -0.2) is 68.9 Å². The number of phenols is 1. The van der Waals surface area contributed by atoms with Gasteiger partial charge in [0.25, 0.3) is 0 Å². The molecule has 1 aliphatic heterocycles. The van der Waals surface area contributed by atoms with Crippen molar-refractivity contribution >= 4 is 11.8 Å². The Balaban J connectivity index is 0.955. The first-order chi connectivity index (χ1) is 21.0. The normalized spacial score (nSPS) is 35.1. The van der Waals surface area contributed by atoms with E-state index >= 15 is 0 Å². The largest absolute Gasteiger partial charge is 0.508 e. The third-order valence-corrected chi connectivity index (χ3v) is 11.6. The van der Waals surface area contributed by atoms with Crippen LogP contribution in [-0.2, 0) is 6.54 Å². The topological polar surface area (TPSA) is 129 Å². The van der Waals surface area contributed by atoms with E-state index in [2.05, 4.69) is 36.9 Å². The lowest BCUT2D eigenvalue weighted by Crippen LogP contribution is -2.61. The van der Waals surface area contributed by atoms with Crippen molar-refractivity contribution in [2.75, 3.05) is 30.3 Å². The van der Waals surface area contributed by atoms with Crippen molar-refractivity contribution in [1.29, 1.82) is 5.26 Å². The van der Waals surface area contributed by atoms with Crippen LogP contribution in [0.3, 0.4) is 0 Å². The van der Waals surface area contributed by atoms with Gasteiger partial charge in [-0.05, 0) is 106 Å². The number of aliphatic hydroxyl groups excluding tert-OH is 1. The molecule has 0 radical (unpaired) electrons. The van der Waals surface area contributed by atoms with E-state index in [1.807, 2.05) is 12.1 Å². The highest BCUT2D eigenvalue weighted by Gasteiger charge is 2.55. The third kappa shape index (κ3) is 5.94. The van der Waals surface area contributed by atoms with Crippen molar-refractivity contribution in [1.82, 2.24) is 20.2 Å². The second-order valence-electron chi connectivity index (χ2n) is 14.3. The summed E-state index contributed by atoms with van der Waals surface area (Å²) >= 11 is 0. The number of nitriles is 1. The molecule has 4 bridgehead atoms.